The van der Waals surface area contributed by atoms with Gasteiger partial charge in [-0.25, -0.2) is 0 Å². The number of benzene rings is 15. The first-order valence-corrected chi connectivity index (χ1v) is 41.0. The van der Waals surface area contributed by atoms with Gasteiger partial charge in [0.2, 0.25) is 0 Å². The molecular weight excluding hydrogens is 1290 g/mol. The lowest BCUT2D eigenvalue weighted by Gasteiger charge is -2.53. The first kappa shape index (κ1) is 63.1. The van der Waals surface area contributed by atoms with Crippen molar-refractivity contribution in [3.05, 3.63) is 394 Å². The van der Waals surface area contributed by atoms with Crippen LogP contribution in [0.25, 0.3) is 33.4 Å². The lowest BCUT2D eigenvalue weighted by atomic mass is 9.33. The van der Waals surface area contributed by atoms with E-state index in [0.717, 1.165) is 42.0 Å². The van der Waals surface area contributed by atoms with Gasteiger partial charge in [0.25, 0.3) is 6.71 Å². The smallest absolute Gasteiger partial charge is 0.252 e. The van der Waals surface area contributed by atoms with Gasteiger partial charge in [0.15, 0.2) is 16.1 Å². The Kier molecular flexibility index (Phi) is 15.6. The molecule has 0 N–H and O–H groups in total. The van der Waals surface area contributed by atoms with E-state index in [1.54, 1.807) is 0 Å². The third-order valence-electron chi connectivity index (χ3n) is 24.1. The van der Waals surface area contributed by atoms with Gasteiger partial charge < -0.3 is 14.7 Å². The fraction of sp³-hybridized carbons (Fsp3) is 0.0816. The lowest BCUT2D eigenvalue weighted by molar-refractivity contribution is 0.195. The molecule has 0 spiro atoms. The van der Waals surface area contributed by atoms with Gasteiger partial charge in [-0.3, -0.25) is 0 Å². The molecule has 3 heterocycles. The van der Waals surface area contributed by atoms with Gasteiger partial charge in [0.05, 0.1) is 11.2 Å². The highest BCUT2D eigenvalue weighted by molar-refractivity contribution is 7.20. The Morgan fingerprint density at radius 3 is 1.13 bits per heavy atom. The number of hydrogen-bond donors (Lipinski definition) is 0. The summed E-state index contributed by atoms with van der Waals surface area (Å²) in [6, 6.07) is 148. The summed E-state index contributed by atoms with van der Waals surface area (Å²) < 4.78 is 0. The van der Waals surface area contributed by atoms with Gasteiger partial charge in [0.1, 0.15) is 0 Å². The topological polar surface area (TPSA) is 9.72 Å². The van der Waals surface area contributed by atoms with E-state index >= 15 is 0 Å². The summed E-state index contributed by atoms with van der Waals surface area (Å²) in [4.78, 5) is 8.17. The number of rotatable bonds is 15. The first-order valence-electron chi connectivity index (χ1n) is 37.0. The molecule has 1 saturated carbocycles. The Morgan fingerprint density at radius 1 is 0.298 bits per heavy atom. The van der Waals surface area contributed by atoms with Crippen molar-refractivity contribution in [1.82, 2.24) is 0 Å². The molecule has 6 heteroatoms. The maximum atomic E-state index is 2.91. The van der Waals surface area contributed by atoms with Crippen molar-refractivity contribution in [3.8, 4) is 33.4 Å². The quantitative estimate of drug-likeness (QED) is 0.0748. The first-order chi connectivity index (χ1) is 51.3. The molecule has 0 aromatic heterocycles. The third kappa shape index (κ3) is 9.90. The van der Waals surface area contributed by atoms with Crippen molar-refractivity contribution < 1.29 is 0 Å². The van der Waals surface area contributed by atoms with Crippen LogP contribution in [0, 0.1) is 0 Å². The molecule has 0 amide bonds. The van der Waals surface area contributed by atoms with Gasteiger partial charge in [-0.15, -0.1) is 0 Å². The van der Waals surface area contributed by atoms with E-state index in [2.05, 4.69) is 417 Å². The summed E-state index contributed by atoms with van der Waals surface area (Å²) in [5, 5.41) is 10.7. The van der Waals surface area contributed by atoms with Crippen LogP contribution < -0.4 is 72.6 Å². The van der Waals surface area contributed by atoms with E-state index in [4.69, 9.17) is 0 Å². The highest BCUT2D eigenvalue weighted by Crippen LogP contribution is 2.63. The van der Waals surface area contributed by atoms with Crippen LogP contribution in [0.1, 0.15) is 45.1 Å². The Hall–Kier alpha value is -11.8. The van der Waals surface area contributed by atoms with E-state index in [1.165, 1.54) is 126 Å². The summed E-state index contributed by atoms with van der Waals surface area (Å²) >= 11 is 0. The number of anilines is 8. The van der Waals surface area contributed by atoms with Crippen LogP contribution >= 0.6 is 0 Å². The average molecular weight is 1360 g/mol. The molecule has 0 radical (unpaired) electrons. The second-order valence-electron chi connectivity index (χ2n) is 29.3. The lowest BCUT2D eigenvalue weighted by Crippen LogP contribution is -2.74. The molecule has 104 heavy (non-hydrogen) atoms. The van der Waals surface area contributed by atoms with Crippen molar-refractivity contribution in [2.24, 2.45) is 0 Å². The number of nitrogens with zero attached hydrogens (tertiary/aromatic N) is 3. The minimum absolute atomic E-state index is 0.102. The van der Waals surface area contributed by atoms with E-state index in [1.807, 2.05) is 0 Å². The van der Waals surface area contributed by atoms with Crippen LogP contribution in [0.5, 0.6) is 0 Å². The fourth-order valence-corrected chi connectivity index (χ4v) is 28.6. The number of hydrogen-bond acceptors (Lipinski definition) is 3. The summed E-state index contributed by atoms with van der Waals surface area (Å²) in [6.07, 6.45) is 4.53. The highest BCUT2D eigenvalue weighted by Gasteiger charge is 2.62. The monoisotopic (exact) mass is 1360 g/mol. The molecule has 19 rings (SSSR count). The predicted molar refractivity (Wildman–Crippen MR) is 447 cm³/mol. The van der Waals surface area contributed by atoms with E-state index in [0.29, 0.717) is 0 Å². The summed E-state index contributed by atoms with van der Waals surface area (Å²) in [5.74, 6) is 0. The van der Waals surface area contributed by atoms with Gasteiger partial charge in [-0.05, 0) is 177 Å². The molecule has 3 nitrogen and oxygen atoms in total. The summed E-state index contributed by atoms with van der Waals surface area (Å²) in [6.45, 7) is 5.15. The second kappa shape index (κ2) is 25.6. The van der Waals surface area contributed by atoms with Crippen LogP contribution in [-0.4, -0.2) is 28.4 Å². The Labute approximate surface area is 614 Å². The maximum Gasteiger partial charge on any atom is 0.252 e. The zero-order valence-electron chi connectivity index (χ0n) is 58.7. The molecule has 496 valence electrons. The largest absolute Gasteiger partial charge is 0.335 e. The minimum atomic E-state index is -2.94. The van der Waals surface area contributed by atoms with Gasteiger partial charge in [-0.2, -0.15) is 0 Å². The molecule has 1 aliphatic carbocycles. The van der Waals surface area contributed by atoms with Crippen LogP contribution in [0.2, 0.25) is 0 Å². The molecule has 1 fully saturated rings. The Bertz CT molecular complexity index is 5280. The van der Waals surface area contributed by atoms with Gasteiger partial charge in [0, 0.05) is 45.2 Å². The van der Waals surface area contributed by atoms with Gasteiger partial charge >= 0.3 is 0 Å². The Morgan fingerprint density at radius 2 is 0.683 bits per heavy atom. The van der Waals surface area contributed by atoms with E-state index in [9.17, 15) is 0 Å². The van der Waals surface area contributed by atoms with Crippen molar-refractivity contribution in [2.75, 3.05) is 14.7 Å². The second-order valence-corrected chi connectivity index (χ2v) is 36.9. The Balaban J connectivity index is 0.912. The predicted octanol–water partition coefficient (Wildman–Crippen LogP) is 17.3. The molecule has 2 atom stereocenters. The molecule has 15 aromatic carbocycles. The van der Waals surface area contributed by atoms with E-state index in [-0.39, 0.29) is 17.7 Å². The molecule has 3 aliphatic heterocycles. The van der Waals surface area contributed by atoms with Crippen molar-refractivity contribution >= 4 is 126 Å². The molecule has 0 bridgehead atoms. The molecule has 4 aliphatic rings. The zero-order valence-corrected chi connectivity index (χ0v) is 60.7. The van der Waals surface area contributed by atoms with Crippen LogP contribution in [0.3, 0.4) is 0 Å². The SMILES string of the molecule is CC12CCCCC1(C)N1c3cc(N(c4ccc([Si](c5ccccc5)(c5ccccc5)c5ccccc5)cc4)c4ccc([Si](c5ccccc5)(c5ccccc5)c5ccccc5)cc4)cc4c3B(c3ccc(-c5ccccc5)cc3N4c3cccc(-c4ccccc4)c3)c3cc(-c4ccccc4)cc2c31. The van der Waals surface area contributed by atoms with E-state index < -0.39 is 16.1 Å². The van der Waals surface area contributed by atoms with Crippen LogP contribution in [0.15, 0.2) is 388 Å². The highest BCUT2D eigenvalue weighted by atomic mass is 28.3. The van der Waals surface area contributed by atoms with Crippen molar-refractivity contribution in [2.45, 2.75) is 50.5 Å². The standard InChI is InChI=1S/C98H78BN3Si2/c1-97-63-30-31-64-98(97,2)102-94-70-80(69-93-95(94)99(91-67-76(66-89(97)96(91)102)73-37-16-5-17-38-73)90-62-53-75(72-35-14-4-15-36-72)68-92(90)101(93)79-40-32-39-74(65-79)71-33-12-3-13-34-71)100(77-54-58-87(59-55-77)103(81-41-18-6-19-42-81,82-43-20-7-21-44-82)83-45-22-8-23-46-83)78-56-60-88(61-57-78)104(84-47-24-9-25-48-84,85-49-26-10-27-50-85)86-51-28-11-29-52-86/h3-29,32-62,65-70H,30-31,63-64H2,1-2H3. The fourth-order valence-electron chi connectivity index (χ4n) is 19.1. The van der Waals surface area contributed by atoms with Crippen molar-refractivity contribution in [1.29, 1.82) is 0 Å². The molecule has 0 saturated heterocycles. The normalized spacial score (nSPS) is 16.2. The zero-order chi connectivity index (χ0) is 69.4. The maximum absolute atomic E-state index is 2.94. The molecule has 15 aromatic rings. The average Bonchev–Trinajstić information content (AvgIpc) is 1.38. The van der Waals surface area contributed by atoms with Crippen molar-refractivity contribution in [3.63, 3.8) is 0 Å². The number of fused-ring (bicyclic) bond motifs is 7. The summed E-state index contributed by atoms with van der Waals surface area (Å²) in [5.41, 5.74) is 21.8. The summed E-state index contributed by atoms with van der Waals surface area (Å²) in [7, 11) is -5.88. The molecule has 2 unspecified atom stereocenters. The molecular formula is C98H78BN3Si2. The third-order valence-corrected chi connectivity index (χ3v) is 33.7. The van der Waals surface area contributed by atoms with Gasteiger partial charge in [-0.1, -0.05) is 347 Å². The van der Waals surface area contributed by atoms with Crippen LogP contribution in [-0.2, 0) is 5.41 Å². The minimum Gasteiger partial charge on any atom is -0.335 e. The van der Waals surface area contributed by atoms with Crippen LogP contribution in [0.4, 0.5) is 45.5 Å².